The number of nitrogens with zero attached hydrogens (tertiary/aromatic N) is 1. The van der Waals surface area contributed by atoms with Crippen LogP contribution in [0.5, 0.6) is 5.75 Å². The second-order valence-electron chi connectivity index (χ2n) is 5.15. The Morgan fingerprint density at radius 3 is 2.76 bits per heavy atom. The molecule has 1 atom stereocenters. The largest absolute Gasteiger partial charge is 0.484 e. The molecule has 6 nitrogen and oxygen atoms in total. The molecular formula is C15H21N3O3. The summed E-state index contributed by atoms with van der Waals surface area (Å²) in [6.45, 7) is 1.12. The fraction of sp³-hybridized carbons (Fsp3) is 0.467. The molecule has 2 amide bonds. The Balaban J connectivity index is 1.85. The number of nitrogens with two attached hydrogens (primary N) is 1. The van der Waals surface area contributed by atoms with E-state index in [0.717, 1.165) is 12.8 Å². The van der Waals surface area contributed by atoms with Crippen molar-refractivity contribution in [3.63, 3.8) is 0 Å². The van der Waals surface area contributed by atoms with Gasteiger partial charge in [-0.3, -0.25) is 9.59 Å². The standard InChI is InChI=1S/C15H21N3O3/c1-17-15(20)11-3-2-8-18(9-11)14(19)10-21-13-6-4-12(16)5-7-13/h4-7,11H,2-3,8-10,16H2,1H3,(H,17,20). The first kappa shape index (κ1) is 15.2. The normalized spacial score (nSPS) is 18.1. The first-order chi connectivity index (χ1) is 10.1. The van der Waals surface area contributed by atoms with E-state index in [1.54, 1.807) is 36.2 Å². The molecule has 0 bridgehead atoms. The van der Waals surface area contributed by atoms with Crippen molar-refractivity contribution in [2.24, 2.45) is 5.92 Å². The van der Waals surface area contributed by atoms with Gasteiger partial charge in [-0.2, -0.15) is 0 Å². The van der Waals surface area contributed by atoms with Gasteiger partial charge in [-0.1, -0.05) is 0 Å². The fourth-order valence-electron chi connectivity index (χ4n) is 2.42. The number of benzene rings is 1. The van der Waals surface area contributed by atoms with E-state index in [1.165, 1.54) is 0 Å². The van der Waals surface area contributed by atoms with Crippen LogP contribution in [-0.2, 0) is 9.59 Å². The van der Waals surface area contributed by atoms with Crippen LogP contribution in [0.3, 0.4) is 0 Å². The molecule has 1 unspecified atom stereocenters. The number of carbonyl (C=O) groups is 2. The summed E-state index contributed by atoms with van der Waals surface area (Å²) < 4.78 is 5.45. The van der Waals surface area contributed by atoms with Crippen LogP contribution in [0.4, 0.5) is 5.69 Å². The zero-order valence-electron chi connectivity index (χ0n) is 12.2. The number of anilines is 1. The number of hydrogen-bond acceptors (Lipinski definition) is 4. The summed E-state index contributed by atoms with van der Waals surface area (Å²) in [5.41, 5.74) is 6.24. The van der Waals surface area contributed by atoms with Crippen LogP contribution in [0.25, 0.3) is 0 Å². The summed E-state index contributed by atoms with van der Waals surface area (Å²) in [5, 5.41) is 2.64. The molecule has 1 fully saturated rings. The van der Waals surface area contributed by atoms with E-state index in [2.05, 4.69) is 5.32 Å². The predicted octanol–water partition coefficient (Wildman–Crippen LogP) is 0.632. The van der Waals surface area contributed by atoms with Crippen molar-refractivity contribution >= 4 is 17.5 Å². The van der Waals surface area contributed by atoms with Gasteiger partial charge in [0, 0.05) is 25.8 Å². The molecule has 6 heteroatoms. The van der Waals surface area contributed by atoms with Gasteiger partial charge in [0.05, 0.1) is 5.92 Å². The smallest absolute Gasteiger partial charge is 0.260 e. The molecule has 1 aliphatic heterocycles. The second-order valence-corrected chi connectivity index (χ2v) is 5.15. The van der Waals surface area contributed by atoms with Crippen LogP contribution < -0.4 is 15.8 Å². The number of carbonyl (C=O) groups excluding carboxylic acids is 2. The van der Waals surface area contributed by atoms with E-state index < -0.39 is 0 Å². The molecule has 1 aromatic carbocycles. The highest BCUT2D eigenvalue weighted by molar-refractivity contribution is 5.81. The summed E-state index contributed by atoms with van der Waals surface area (Å²) in [5.74, 6) is 0.383. The molecule has 0 spiro atoms. The highest BCUT2D eigenvalue weighted by Gasteiger charge is 2.27. The third kappa shape index (κ3) is 4.11. The maximum Gasteiger partial charge on any atom is 0.260 e. The van der Waals surface area contributed by atoms with Crippen LogP contribution in [0.1, 0.15) is 12.8 Å². The molecule has 2 rings (SSSR count). The average molecular weight is 291 g/mol. The molecule has 1 heterocycles. The van der Waals surface area contributed by atoms with E-state index >= 15 is 0 Å². The molecule has 0 saturated carbocycles. The Morgan fingerprint density at radius 1 is 1.38 bits per heavy atom. The molecule has 114 valence electrons. The summed E-state index contributed by atoms with van der Waals surface area (Å²) >= 11 is 0. The van der Waals surface area contributed by atoms with Crippen molar-refractivity contribution in [2.75, 3.05) is 32.5 Å². The van der Waals surface area contributed by atoms with Gasteiger partial charge in [-0.15, -0.1) is 0 Å². The molecule has 1 aromatic rings. The van der Waals surface area contributed by atoms with Crippen LogP contribution in [-0.4, -0.2) is 43.5 Å². The lowest BCUT2D eigenvalue weighted by Gasteiger charge is -2.31. The Morgan fingerprint density at radius 2 is 2.10 bits per heavy atom. The molecule has 21 heavy (non-hydrogen) atoms. The van der Waals surface area contributed by atoms with Gasteiger partial charge in [0.15, 0.2) is 6.61 Å². The number of nitrogens with one attached hydrogen (secondary N) is 1. The molecule has 3 N–H and O–H groups in total. The number of hydrogen-bond donors (Lipinski definition) is 2. The quantitative estimate of drug-likeness (QED) is 0.797. The summed E-state index contributed by atoms with van der Waals surface area (Å²) in [4.78, 5) is 25.5. The van der Waals surface area contributed by atoms with Gasteiger partial charge >= 0.3 is 0 Å². The highest BCUT2D eigenvalue weighted by atomic mass is 16.5. The number of rotatable bonds is 4. The van der Waals surface area contributed by atoms with Crippen LogP contribution in [0, 0.1) is 5.92 Å². The third-order valence-corrected chi connectivity index (χ3v) is 3.63. The second kappa shape index (κ2) is 6.97. The first-order valence-corrected chi connectivity index (χ1v) is 7.08. The van der Waals surface area contributed by atoms with Crippen molar-refractivity contribution in [3.8, 4) is 5.75 Å². The van der Waals surface area contributed by atoms with Gasteiger partial charge in [0.25, 0.3) is 5.91 Å². The van der Waals surface area contributed by atoms with Crippen molar-refractivity contribution in [1.82, 2.24) is 10.2 Å². The Kier molecular flexibility index (Phi) is 5.03. The SMILES string of the molecule is CNC(=O)C1CCCN(C(=O)COc2ccc(N)cc2)C1. The van der Waals surface area contributed by atoms with E-state index in [4.69, 9.17) is 10.5 Å². The van der Waals surface area contributed by atoms with E-state index in [1.807, 2.05) is 0 Å². The number of piperidine rings is 1. The summed E-state index contributed by atoms with van der Waals surface area (Å²) in [7, 11) is 1.62. The molecule has 0 aromatic heterocycles. The third-order valence-electron chi connectivity index (χ3n) is 3.63. The van der Waals surface area contributed by atoms with E-state index in [0.29, 0.717) is 24.5 Å². The van der Waals surface area contributed by atoms with Crippen LogP contribution in [0.2, 0.25) is 0 Å². The zero-order chi connectivity index (χ0) is 15.2. The molecule has 1 aliphatic rings. The maximum atomic E-state index is 12.1. The van der Waals surface area contributed by atoms with Gasteiger partial charge < -0.3 is 20.7 Å². The number of amides is 2. The lowest BCUT2D eigenvalue weighted by molar-refractivity contribution is -0.137. The molecular weight excluding hydrogens is 270 g/mol. The minimum Gasteiger partial charge on any atom is -0.484 e. The number of nitrogen functional groups attached to an aromatic ring is 1. The maximum absolute atomic E-state index is 12.1. The van der Waals surface area contributed by atoms with Gasteiger partial charge in [0.1, 0.15) is 5.75 Å². The predicted molar refractivity (Wildman–Crippen MR) is 79.7 cm³/mol. The lowest BCUT2D eigenvalue weighted by atomic mass is 9.97. The van der Waals surface area contributed by atoms with Crippen molar-refractivity contribution in [3.05, 3.63) is 24.3 Å². The van der Waals surface area contributed by atoms with Gasteiger partial charge in [-0.25, -0.2) is 0 Å². The highest BCUT2D eigenvalue weighted by Crippen LogP contribution is 2.17. The topological polar surface area (TPSA) is 84.7 Å². The molecule has 0 aliphatic carbocycles. The lowest BCUT2D eigenvalue weighted by Crippen LogP contribution is -2.46. The minimum atomic E-state index is -0.121. The van der Waals surface area contributed by atoms with Crippen LogP contribution >= 0.6 is 0 Å². The van der Waals surface area contributed by atoms with Gasteiger partial charge in [0.2, 0.25) is 5.91 Å². The number of likely N-dealkylation sites (tertiary alicyclic amines) is 1. The number of ether oxygens (including phenoxy) is 1. The molecule has 0 radical (unpaired) electrons. The van der Waals surface area contributed by atoms with Crippen molar-refractivity contribution in [1.29, 1.82) is 0 Å². The average Bonchev–Trinajstić information content (AvgIpc) is 2.53. The summed E-state index contributed by atoms with van der Waals surface area (Å²) in [6.07, 6.45) is 1.66. The van der Waals surface area contributed by atoms with E-state index in [-0.39, 0.29) is 24.3 Å². The zero-order valence-corrected chi connectivity index (χ0v) is 12.2. The van der Waals surface area contributed by atoms with Gasteiger partial charge in [-0.05, 0) is 37.1 Å². The minimum absolute atomic E-state index is 0.00745. The fourth-order valence-corrected chi connectivity index (χ4v) is 2.42. The molecule has 1 saturated heterocycles. The monoisotopic (exact) mass is 291 g/mol. The van der Waals surface area contributed by atoms with Crippen molar-refractivity contribution in [2.45, 2.75) is 12.8 Å². The van der Waals surface area contributed by atoms with Crippen LogP contribution in [0.15, 0.2) is 24.3 Å². The first-order valence-electron chi connectivity index (χ1n) is 7.08. The Labute approximate surface area is 124 Å². The van der Waals surface area contributed by atoms with E-state index in [9.17, 15) is 9.59 Å². The Hall–Kier alpha value is -2.24. The summed E-state index contributed by atoms with van der Waals surface area (Å²) in [6, 6.07) is 6.91. The Bertz CT molecular complexity index is 501. The van der Waals surface area contributed by atoms with Crippen molar-refractivity contribution < 1.29 is 14.3 Å².